The van der Waals surface area contributed by atoms with Gasteiger partial charge in [-0.3, -0.25) is 4.79 Å². The smallest absolute Gasteiger partial charge is 0.338 e. The van der Waals surface area contributed by atoms with Crippen LogP contribution in [0.25, 0.3) is 0 Å². The third kappa shape index (κ3) is 4.10. The molecular formula is C23H20N2O5. The zero-order valence-corrected chi connectivity index (χ0v) is 16.3. The van der Waals surface area contributed by atoms with Gasteiger partial charge in [0.1, 0.15) is 17.6 Å². The Bertz CT molecular complexity index is 1090. The molecule has 30 heavy (non-hydrogen) atoms. The molecule has 0 saturated heterocycles. The fourth-order valence-electron chi connectivity index (χ4n) is 3.27. The molecule has 0 saturated carbocycles. The number of hydrazone groups is 1. The first-order valence-electron chi connectivity index (χ1n) is 9.47. The summed E-state index contributed by atoms with van der Waals surface area (Å²) in [6, 6.07) is 16.8. The third-order valence-electron chi connectivity index (χ3n) is 4.83. The largest absolute Gasteiger partial charge is 0.508 e. The van der Waals surface area contributed by atoms with Crippen LogP contribution in [-0.2, 0) is 9.53 Å². The maximum atomic E-state index is 12.8. The van der Waals surface area contributed by atoms with Crippen molar-refractivity contribution in [3.8, 4) is 5.75 Å². The van der Waals surface area contributed by atoms with Crippen LogP contribution in [0.3, 0.4) is 0 Å². The maximum absolute atomic E-state index is 12.8. The SMILES string of the molecule is Cc1ccc(C2=NN(C(=O)COC(=O)c3cccc(O)c3)[C@@H](c3ccco3)C2)cc1. The molecule has 0 aliphatic carbocycles. The molecule has 152 valence electrons. The summed E-state index contributed by atoms with van der Waals surface area (Å²) < 4.78 is 10.6. The topological polar surface area (TPSA) is 92.3 Å². The highest BCUT2D eigenvalue weighted by molar-refractivity contribution is 6.03. The standard InChI is InChI=1S/C23H20N2O5/c1-15-7-9-16(10-8-15)19-13-20(21-6-3-11-29-21)25(24-19)22(27)14-30-23(28)17-4-2-5-18(26)12-17/h2-12,20,26H,13-14H2,1H3/t20-/m1/s1. The number of rotatable bonds is 5. The Labute approximate surface area is 173 Å². The van der Waals surface area contributed by atoms with Crippen molar-refractivity contribution in [2.24, 2.45) is 5.10 Å². The summed E-state index contributed by atoms with van der Waals surface area (Å²) in [5.74, 6) is -0.614. The van der Waals surface area contributed by atoms with Crippen LogP contribution in [0.4, 0.5) is 0 Å². The molecule has 3 aromatic rings. The van der Waals surface area contributed by atoms with Crippen molar-refractivity contribution in [1.82, 2.24) is 5.01 Å². The molecule has 1 amide bonds. The average Bonchev–Trinajstić information content (AvgIpc) is 3.42. The Morgan fingerprint density at radius 3 is 2.67 bits per heavy atom. The number of esters is 1. The second-order valence-corrected chi connectivity index (χ2v) is 7.01. The van der Waals surface area contributed by atoms with Crippen LogP contribution in [0, 0.1) is 6.92 Å². The Kier molecular flexibility index (Phi) is 5.34. The van der Waals surface area contributed by atoms with E-state index in [2.05, 4.69) is 5.10 Å². The number of hydrogen-bond acceptors (Lipinski definition) is 6. The quantitative estimate of drug-likeness (QED) is 0.653. The first-order valence-corrected chi connectivity index (χ1v) is 9.47. The number of aryl methyl sites for hydroxylation is 1. The number of ether oxygens (including phenoxy) is 1. The van der Waals surface area contributed by atoms with E-state index in [4.69, 9.17) is 9.15 Å². The lowest BCUT2D eigenvalue weighted by molar-refractivity contribution is -0.136. The highest BCUT2D eigenvalue weighted by Gasteiger charge is 2.35. The monoisotopic (exact) mass is 404 g/mol. The molecule has 0 radical (unpaired) electrons. The van der Waals surface area contributed by atoms with Crippen molar-refractivity contribution in [1.29, 1.82) is 0 Å². The molecule has 0 unspecified atom stereocenters. The summed E-state index contributed by atoms with van der Waals surface area (Å²) in [7, 11) is 0. The van der Waals surface area contributed by atoms with Crippen molar-refractivity contribution < 1.29 is 23.8 Å². The van der Waals surface area contributed by atoms with Gasteiger partial charge in [0.25, 0.3) is 5.91 Å². The van der Waals surface area contributed by atoms with Crippen LogP contribution in [-0.4, -0.2) is 34.3 Å². The lowest BCUT2D eigenvalue weighted by atomic mass is 10.0. The van der Waals surface area contributed by atoms with E-state index in [1.165, 1.54) is 29.3 Å². The number of furan rings is 1. The van der Waals surface area contributed by atoms with Crippen LogP contribution in [0.1, 0.15) is 39.7 Å². The van der Waals surface area contributed by atoms with Gasteiger partial charge in [0.15, 0.2) is 6.61 Å². The highest BCUT2D eigenvalue weighted by atomic mass is 16.5. The number of aromatic hydroxyl groups is 1. The molecule has 7 heteroatoms. The summed E-state index contributed by atoms with van der Waals surface area (Å²) in [4.78, 5) is 25.0. The van der Waals surface area contributed by atoms with E-state index in [1.807, 2.05) is 31.2 Å². The predicted molar refractivity (Wildman–Crippen MR) is 109 cm³/mol. The number of hydrogen-bond donors (Lipinski definition) is 1. The number of amides is 1. The fraction of sp³-hybridized carbons (Fsp3) is 0.174. The van der Waals surface area contributed by atoms with E-state index in [9.17, 15) is 14.7 Å². The summed E-state index contributed by atoms with van der Waals surface area (Å²) in [6.07, 6.45) is 2.03. The molecule has 1 aromatic heterocycles. The fourth-order valence-corrected chi connectivity index (χ4v) is 3.27. The average molecular weight is 404 g/mol. The number of benzene rings is 2. The number of phenolic OH excluding ortho intramolecular Hbond substituents is 1. The van der Waals surface area contributed by atoms with E-state index in [0.29, 0.717) is 12.2 Å². The highest BCUT2D eigenvalue weighted by Crippen LogP contribution is 2.33. The normalized spacial score (nSPS) is 15.7. The van der Waals surface area contributed by atoms with Gasteiger partial charge in [-0.2, -0.15) is 5.10 Å². The van der Waals surface area contributed by atoms with Crippen molar-refractivity contribution in [3.05, 3.63) is 89.4 Å². The second kappa shape index (κ2) is 8.24. The second-order valence-electron chi connectivity index (χ2n) is 7.01. The molecule has 1 N–H and O–H groups in total. The number of phenols is 1. The molecule has 0 spiro atoms. The maximum Gasteiger partial charge on any atom is 0.338 e. The van der Waals surface area contributed by atoms with Gasteiger partial charge in [0.2, 0.25) is 0 Å². The van der Waals surface area contributed by atoms with Crippen LogP contribution in [0.15, 0.2) is 76.4 Å². The van der Waals surface area contributed by atoms with Crippen molar-refractivity contribution in [2.45, 2.75) is 19.4 Å². The van der Waals surface area contributed by atoms with Gasteiger partial charge in [-0.1, -0.05) is 35.9 Å². The van der Waals surface area contributed by atoms with Gasteiger partial charge < -0.3 is 14.3 Å². The van der Waals surface area contributed by atoms with Crippen molar-refractivity contribution in [3.63, 3.8) is 0 Å². The van der Waals surface area contributed by atoms with Crippen LogP contribution >= 0.6 is 0 Å². The van der Waals surface area contributed by atoms with E-state index in [0.717, 1.165) is 16.8 Å². The Morgan fingerprint density at radius 1 is 1.17 bits per heavy atom. The molecule has 1 atom stereocenters. The van der Waals surface area contributed by atoms with Gasteiger partial charge in [-0.05, 0) is 42.8 Å². The molecule has 7 nitrogen and oxygen atoms in total. The Morgan fingerprint density at radius 2 is 1.97 bits per heavy atom. The van der Waals surface area contributed by atoms with Crippen molar-refractivity contribution >= 4 is 17.6 Å². The molecular weight excluding hydrogens is 384 g/mol. The Hall–Kier alpha value is -3.87. The molecule has 0 bridgehead atoms. The minimum absolute atomic E-state index is 0.0551. The van der Waals surface area contributed by atoms with Gasteiger partial charge >= 0.3 is 5.97 Å². The summed E-state index contributed by atoms with van der Waals surface area (Å²) >= 11 is 0. The first kappa shape index (κ1) is 19.4. The zero-order chi connectivity index (χ0) is 21.1. The van der Waals surface area contributed by atoms with Gasteiger partial charge in [-0.25, -0.2) is 9.80 Å². The number of carbonyl (C=O) groups is 2. The molecule has 1 aliphatic heterocycles. The molecule has 0 fully saturated rings. The third-order valence-corrected chi connectivity index (χ3v) is 4.83. The molecule has 2 heterocycles. The van der Waals surface area contributed by atoms with E-state index in [-0.39, 0.29) is 11.3 Å². The van der Waals surface area contributed by atoms with Gasteiger partial charge in [-0.15, -0.1) is 0 Å². The lowest BCUT2D eigenvalue weighted by Crippen LogP contribution is -2.31. The van der Waals surface area contributed by atoms with E-state index in [1.54, 1.807) is 18.4 Å². The molecule has 4 rings (SSSR count). The van der Waals surface area contributed by atoms with Crippen LogP contribution in [0.5, 0.6) is 5.75 Å². The molecule has 1 aliphatic rings. The summed E-state index contributed by atoms with van der Waals surface area (Å²) in [5, 5.41) is 15.3. The summed E-state index contributed by atoms with van der Waals surface area (Å²) in [6.45, 7) is 1.53. The number of carbonyl (C=O) groups excluding carboxylic acids is 2. The van der Waals surface area contributed by atoms with Crippen molar-refractivity contribution in [2.75, 3.05) is 6.61 Å². The number of nitrogens with zero attached hydrogens (tertiary/aromatic N) is 2. The minimum Gasteiger partial charge on any atom is -0.508 e. The van der Waals surface area contributed by atoms with E-state index >= 15 is 0 Å². The first-order chi connectivity index (χ1) is 14.5. The van der Waals surface area contributed by atoms with E-state index < -0.39 is 24.5 Å². The Balaban J connectivity index is 1.51. The predicted octanol–water partition coefficient (Wildman–Crippen LogP) is 3.83. The minimum atomic E-state index is -0.698. The lowest BCUT2D eigenvalue weighted by Gasteiger charge is -2.19. The zero-order valence-electron chi connectivity index (χ0n) is 16.3. The van der Waals surface area contributed by atoms with Crippen LogP contribution < -0.4 is 0 Å². The van der Waals surface area contributed by atoms with Gasteiger partial charge in [0.05, 0.1) is 17.5 Å². The molecule has 2 aromatic carbocycles. The van der Waals surface area contributed by atoms with Crippen LogP contribution in [0.2, 0.25) is 0 Å². The summed E-state index contributed by atoms with van der Waals surface area (Å²) in [5.41, 5.74) is 2.97. The van der Waals surface area contributed by atoms with Gasteiger partial charge in [0, 0.05) is 6.42 Å².